The Bertz CT molecular complexity index is 704. The van der Waals surface area contributed by atoms with Gasteiger partial charge < -0.3 is 19.7 Å². The number of rotatable bonds is 7. The van der Waals surface area contributed by atoms with Gasteiger partial charge in [0.05, 0.1) is 6.10 Å². The molecule has 134 valence electrons. The molecule has 1 saturated heterocycles. The Balaban J connectivity index is 1.42. The number of amides is 1. The highest BCUT2D eigenvalue weighted by Crippen LogP contribution is 2.14. The van der Waals surface area contributed by atoms with Gasteiger partial charge in [0.2, 0.25) is 0 Å². The maximum Gasteiger partial charge on any atom is 0.273 e. The van der Waals surface area contributed by atoms with E-state index in [1.807, 2.05) is 0 Å². The van der Waals surface area contributed by atoms with Crippen LogP contribution in [0, 0.1) is 5.82 Å². The van der Waals surface area contributed by atoms with Crippen LogP contribution in [0.1, 0.15) is 22.7 Å². The first-order chi connectivity index (χ1) is 12.1. The summed E-state index contributed by atoms with van der Waals surface area (Å²) in [4.78, 5) is 14.1. The van der Waals surface area contributed by atoms with Gasteiger partial charge in [-0.3, -0.25) is 9.69 Å². The number of hydrogen-bond donors (Lipinski definition) is 2. The lowest BCUT2D eigenvalue weighted by molar-refractivity contribution is 0.0939. The molecule has 2 aromatic rings. The van der Waals surface area contributed by atoms with Crippen LogP contribution in [-0.2, 0) is 6.61 Å². The van der Waals surface area contributed by atoms with Crippen molar-refractivity contribution in [1.29, 1.82) is 0 Å². The van der Waals surface area contributed by atoms with Gasteiger partial charge >= 0.3 is 0 Å². The number of hydrogen-bond acceptors (Lipinski definition) is 6. The number of halogens is 1. The fraction of sp³-hybridized carbons (Fsp3) is 0.412. The van der Waals surface area contributed by atoms with E-state index in [9.17, 15) is 14.3 Å². The molecule has 0 radical (unpaired) electrons. The molecular formula is C17H20FN3O4. The first-order valence-electron chi connectivity index (χ1n) is 8.13. The highest BCUT2D eigenvalue weighted by Gasteiger charge is 2.20. The lowest BCUT2D eigenvalue weighted by Crippen LogP contribution is -2.34. The Morgan fingerprint density at radius 1 is 1.44 bits per heavy atom. The summed E-state index contributed by atoms with van der Waals surface area (Å²) in [7, 11) is 0. The van der Waals surface area contributed by atoms with E-state index < -0.39 is 0 Å². The zero-order valence-electron chi connectivity index (χ0n) is 13.7. The minimum atomic E-state index is -0.339. The third-order valence-electron chi connectivity index (χ3n) is 3.95. The summed E-state index contributed by atoms with van der Waals surface area (Å²) >= 11 is 0. The van der Waals surface area contributed by atoms with Crippen LogP contribution < -0.4 is 10.1 Å². The van der Waals surface area contributed by atoms with Gasteiger partial charge in [-0.15, -0.1) is 0 Å². The van der Waals surface area contributed by atoms with Crippen LogP contribution in [0.25, 0.3) is 0 Å². The average Bonchev–Trinajstić information content (AvgIpc) is 3.23. The van der Waals surface area contributed by atoms with Gasteiger partial charge in [-0.1, -0.05) is 5.16 Å². The van der Waals surface area contributed by atoms with Crippen molar-refractivity contribution in [2.75, 3.05) is 26.2 Å². The first kappa shape index (κ1) is 17.4. The van der Waals surface area contributed by atoms with Crippen LogP contribution in [0.15, 0.2) is 34.9 Å². The lowest BCUT2D eigenvalue weighted by Gasteiger charge is -2.14. The smallest absolute Gasteiger partial charge is 0.273 e. The van der Waals surface area contributed by atoms with Crippen molar-refractivity contribution in [3.05, 3.63) is 47.6 Å². The van der Waals surface area contributed by atoms with E-state index in [0.717, 1.165) is 13.0 Å². The molecule has 0 bridgehead atoms. The molecule has 0 spiro atoms. The molecule has 7 nitrogen and oxygen atoms in total. The predicted molar refractivity (Wildman–Crippen MR) is 86.6 cm³/mol. The van der Waals surface area contributed by atoms with Crippen LogP contribution in [0.3, 0.4) is 0 Å². The SMILES string of the molecule is O=C(NCCN1CC[C@@H](O)C1)c1cc(COc2ccc(F)cc2)on1. The second kappa shape index (κ2) is 8.09. The summed E-state index contributed by atoms with van der Waals surface area (Å²) in [5, 5.41) is 15.9. The second-order valence-electron chi connectivity index (χ2n) is 5.92. The Hall–Kier alpha value is -2.45. The minimum Gasteiger partial charge on any atom is -0.486 e. The van der Waals surface area contributed by atoms with Crippen LogP contribution in [0.2, 0.25) is 0 Å². The van der Waals surface area contributed by atoms with E-state index in [1.165, 1.54) is 30.3 Å². The summed E-state index contributed by atoms with van der Waals surface area (Å²) in [5.74, 6) is 0.236. The standard InChI is InChI=1S/C17H20FN3O4/c18-12-1-3-14(4-2-12)24-11-15-9-16(20-25-15)17(23)19-6-8-21-7-5-13(22)10-21/h1-4,9,13,22H,5-8,10-11H2,(H,19,23)/t13-/m1/s1. The van der Waals surface area contributed by atoms with Crippen LogP contribution in [-0.4, -0.2) is 53.4 Å². The van der Waals surface area contributed by atoms with Crippen LogP contribution in [0.4, 0.5) is 4.39 Å². The second-order valence-corrected chi connectivity index (χ2v) is 5.92. The molecule has 8 heteroatoms. The summed E-state index contributed by atoms with van der Waals surface area (Å²) in [6.45, 7) is 2.73. The Kier molecular flexibility index (Phi) is 5.62. The van der Waals surface area contributed by atoms with Gasteiger partial charge in [0.25, 0.3) is 5.91 Å². The van der Waals surface area contributed by atoms with E-state index in [1.54, 1.807) is 0 Å². The van der Waals surface area contributed by atoms with E-state index in [0.29, 0.717) is 31.1 Å². The molecule has 1 aliphatic heterocycles. The maximum absolute atomic E-state index is 12.8. The highest BCUT2D eigenvalue weighted by atomic mass is 19.1. The lowest BCUT2D eigenvalue weighted by atomic mass is 10.3. The van der Waals surface area contributed by atoms with Gasteiger partial charge in [-0.05, 0) is 30.7 Å². The number of nitrogens with one attached hydrogen (secondary N) is 1. The van der Waals surface area contributed by atoms with Crippen molar-refractivity contribution < 1.29 is 23.6 Å². The zero-order valence-corrected chi connectivity index (χ0v) is 13.7. The molecular weight excluding hydrogens is 329 g/mol. The number of benzene rings is 1. The zero-order chi connectivity index (χ0) is 17.6. The number of aromatic nitrogens is 1. The number of carbonyl (C=O) groups is 1. The molecule has 1 aromatic carbocycles. The molecule has 3 rings (SSSR count). The van der Waals surface area contributed by atoms with Crippen LogP contribution in [0.5, 0.6) is 5.75 Å². The predicted octanol–water partition coefficient (Wildman–Crippen LogP) is 1.19. The summed E-state index contributed by atoms with van der Waals surface area (Å²) in [6.07, 6.45) is 0.504. The largest absolute Gasteiger partial charge is 0.486 e. The fourth-order valence-electron chi connectivity index (χ4n) is 2.61. The molecule has 1 atom stereocenters. The molecule has 2 heterocycles. The molecule has 1 fully saturated rings. The number of aliphatic hydroxyl groups is 1. The average molecular weight is 349 g/mol. The fourth-order valence-corrected chi connectivity index (χ4v) is 2.61. The van der Waals surface area contributed by atoms with E-state index in [4.69, 9.17) is 9.26 Å². The molecule has 0 aliphatic carbocycles. The number of aliphatic hydroxyl groups excluding tert-OH is 1. The number of carbonyl (C=O) groups excluding carboxylic acids is 1. The molecule has 25 heavy (non-hydrogen) atoms. The molecule has 1 aromatic heterocycles. The Morgan fingerprint density at radius 3 is 2.96 bits per heavy atom. The van der Waals surface area contributed by atoms with Gasteiger partial charge in [-0.2, -0.15) is 0 Å². The maximum atomic E-state index is 12.8. The minimum absolute atomic E-state index is 0.0948. The monoisotopic (exact) mass is 349 g/mol. The molecule has 0 saturated carbocycles. The van der Waals surface area contributed by atoms with Crippen molar-refractivity contribution >= 4 is 5.91 Å². The number of nitrogens with zero attached hydrogens (tertiary/aromatic N) is 2. The summed E-state index contributed by atoms with van der Waals surface area (Å²) < 4.78 is 23.3. The third kappa shape index (κ3) is 5.01. The van der Waals surface area contributed by atoms with E-state index >= 15 is 0 Å². The number of likely N-dealkylation sites (tertiary alicyclic amines) is 1. The highest BCUT2D eigenvalue weighted by molar-refractivity contribution is 5.92. The number of β-amino-alcohol motifs (C(OH)–C–C–N with tert-alkyl or cyclic N) is 1. The van der Waals surface area contributed by atoms with Gasteiger partial charge in [0.1, 0.15) is 18.2 Å². The van der Waals surface area contributed by atoms with Crippen LogP contribution >= 0.6 is 0 Å². The van der Waals surface area contributed by atoms with E-state index in [2.05, 4.69) is 15.4 Å². The van der Waals surface area contributed by atoms with Crippen molar-refractivity contribution in [2.24, 2.45) is 0 Å². The summed E-state index contributed by atoms with van der Waals surface area (Å²) in [5.41, 5.74) is 0.180. The van der Waals surface area contributed by atoms with Crippen molar-refractivity contribution in [3.63, 3.8) is 0 Å². The van der Waals surface area contributed by atoms with Crippen molar-refractivity contribution in [3.8, 4) is 5.75 Å². The van der Waals surface area contributed by atoms with Crippen molar-refractivity contribution in [2.45, 2.75) is 19.1 Å². The normalized spacial score (nSPS) is 17.6. The molecule has 1 aliphatic rings. The topological polar surface area (TPSA) is 87.8 Å². The van der Waals surface area contributed by atoms with Gasteiger partial charge in [0.15, 0.2) is 11.5 Å². The van der Waals surface area contributed by atoms with Crippen molar-refractivity contribution in [1.82, 2.24) is 15.4 Å². The third-order valence-corrected chi connectivity index (χ3v) is 3.95. The molecule has 1 amide bonds. The van der Waals surface area contributed by atoms with Gasteiger partial charge in [-0.25, -0.2) is 4.39 Å². The quantitative estimate of drug-likeness (QED) is 0.781. The van der Waals surface area contributed by atoms with E-state index in [-0.39, 0.29) is 30.1 Å². The molecule has 2 N–H and O–H groups in total. The Labute approximate surface area is 144 Å². The van der Waals surface area contributed by atoms with Gasteiger partial charge in [0, 0.05) is 32.2 Å². The first-order valence-corrected chi connectivity index (χ1v) is 8.13. The Morgan fingerprint density at radius 2 is 2.24 bits per heavy atom. The summed E-state index contributed by atoms with van der Waals surface area (Å²) in [6, 6.07) is 7.13. The number of ether oxygens (including phenoxy) is 1. The molecule has 0 unspecified atom stereocenters.